The van der Waals surface area contributed by atoms with Gasteiger partial charge in [0.1, 0.15) is 0 Å². The minimum Gasteiger partial charge on any atom is -0.316 e. The van der Waals surface area contributed by atoms with Crippen molar-refractivity contribution in [3.05, 3.63) is 0 Å². The van der Waals surface area contributed by atoms with E-state index in [2.05, 4.69) is 0 Å². The Bertz CT molecular complexity index is 122. The van der Waals surface area contributed by atoms with Gasteiger partial charge in [-0.2, -0.15) is 13.2 Å². The Morgan fingerprint density at radius 2 is 1.67 bits per heavy atom. The molecule has 0 spiro atoms. The van der Waals surface area contributed by atoms with Crippen molar-refractivity contribution in [2.24, 2.45) is 17.4 Å². The lowest BCUT2D eigenvalue weighted by Gasteiger charge is -2.14. The maximum absolute atomic E-state index is 11.8. The lowest BCUT2D eigenvalue weighted by molar-refractivity contribution is -0.143. The van der Waals surface area contributed by atoms with Gasteiger partial charge in [-0.25, -0.2) is 0 Å². The Labute approximate surface area is 70.1 Å². The molecule has 12 heavy (non-hydrogen) atoms. The Balaban J connectivity index is 3.53. The molecular formula is C7H15F3N2. The summed E-state index contributed by atoms with van der Waals surface area (Å²) in [6.07, 6.45) is -4.45. The highest BCUT2D eigenvalue weighted by atomic mass is 19.4. The van der Waals surface area contributed by atoms with E-state index in [1.54, 1.807) is 6.92 Å². The van der Waals surface area contributed by atoms with Crippen LogP contribution in [0.3, 0.4) is 0 Å². The van der Waals surface area contributed by atoms with E-state index in [0.717, 1.165) is 0 Å². The Hall–Kier alpha value is -0.290. The molecule has 1 atom stereocenters. The van der Waals surface area contributed by atoms with E-state index in [4.69, 9.17) is 11.5 Å². The van der Waals surface area contributed by atoms with Gasteiger partial charge in [-0.05, 0) is 18.8 Å². The van der Waals surface area contributed by atoms with Crippen molar-refractivity contribution in [1.82, 2.24) is 0 Å². The van der Waals surface area contributed by atoms with Crippen LogP contribution in [0, 0.1) is 5.92 Å². The predicted octanol–water partition coefficient (Wildman–Crippen LogP) is 1.60. The zero-order valence-corrected chi connectivity index (χ0v) is 7.06. The molecule has 0 radical (unpaired) electrons. The summed E-state index contributed by atoms with van der Waals surface area (Å²) in [6.45, 7) is 1.55. The zero-order valence-electron chi connectivity index (χ0n) is 7.06. The van der Waals surface area contributed by atoms with Crippen molar-refractivity contribution in [1.29, 1.82) is 0 Å². The summed E-state index contributed by atoms with van der Waals surface area (Å²) in [5.74, 6) is -0.389. The molecule has 0 aliphatic carbocycles. The number of hydrogen-bond donors (Lipinski definition) is 2. The van der Waals surface area contributed by atoms with Crippen LogP contribution in [-0.2, 0) is 0 Å². The zero-order chi connectivity index (χ0) is 9.78. The lowest BCUT2D eigenvalue weighted by Crippen LogP contribution is -2.30. The topological polar surface area (TPSA) is 52.0 Å². The molecule has 0 fully saturated rings. The highest BCUT2D eigenvalue weighted by molar-refractivity contribution is 4.62. The number of nitrogens with two attached hydrogens (primary N) is 2. The first-order valence-corrected chi connectivity index (χ1v) is 3.89. The van der Waals surface area contributed by atoms with Gasteiger partial charge < -0.3 is 11.5 Å². The van der Waals surface area contributed by atoms with E-state index in [1.165, 1.54) is 0 Å². The summed E-state index contributed by atoms with van der Waals surface area (Å²) >= 11 is 0. The molecule has 0 aromatic carbocycles. The first kappa shape index (κ1) is 11.7. The second-order valence-corrected chi connectivity index (χ2v) is 3.17. The normalized spacial score (nSPS) is 15.2. The van der Waals surface area contributed by atoms with Crippen molar-refractivity contribution >= 4 is 0 Å². The van der Waals surface area contributed by atoms with Crippen LogP contribution < -0.4 is 11.5 Å². The first-order valence-electron chi connectivity index (χ1n) is 3.89. The van der Waals surface area contributed by atoms with E-state index in [-0.39, 0.29) is 5.92 Å². The van der Waals surface area contributed by atoms with Crippen molar-refractivity contribution < 1.29 is 13.2 Å². The van der Waals surface area contributed by atoms with E-state index in [0.29, 0.717) is 12.8 Å². The second-order valence-electron chi connectivity index (χ2n) is 3.17. The maximum atomic E-state index is 11.8. The van der Waals surface area contributed by atoms with Gasteiger partial charge in [0.05, 0.1) is 6.17 Å². The molecule has 0 rings (SSSR count). The molecule has 0 saturated heterocycles. The van der Waals surface area contributed by atoms with Crippen LogP contribution in [0.25, 0.3) is 0 Å². The van der Waals surface area contributed by atoms with Gasteiger partial charge in [-0.15, -0.1) is 0 Å². The fraction of sp³-hybridized carbons (Fsp3) is 1.00. The second kappa shape index (κ2) is 4.67. The van der Waals surface area contributed by atoms with Crippen molar-refractivity contribution in [3.8, 4) is 0 Å². The number of rotatable bonds is 4. The molecule has 0 saturated carbocycles. The Morgan fingerprint density at radius 1 is 1.17 bits per heavy atom. The molecule has 0 aliphatic heterocycles. The van der Waals surface area contributed by atoms with Crippen LogP contribution in [0.5, 0.6) is 0 Å². The number of halogens is 3. The van der Waals surface area contributed by atoms with Gasteiger partial charge in [0.2, 0.25) is 0 Å². The third-order valence-electron chi connectivity index (χ3n) is 1.57. The monoisotopic (exact) mass is 184 g/mol. The summed E-state index contributed by atoms with van der Waals surface area (Å²) in [5.41, 5.74) is 10.4. The average molecular weight is 184 g/mol. The lowest BCUT2D eigenvalue weighted by atomic mass is 10.0. The molecule has 5 heteroatoms. The molecule has 4 N–H and O–H groups in total. The fourth-order valence-electron chi connectivity index (χ4n) is 0.974. The minimum absolute atomic E-state index is 0.389. The average Bonchev–Trinajstić information content (AvgIpc) is 1.79. The minimum atomic E-state index is -4.07. The number of hydrogen-bond acceptors (Lipinski definition) is 2. The molecule has 0 aromatic rings. The van der Waals surface area contributed by atoms with Gasteiger partial charge in [-0.3, -0.25) is 0 Å². The molecule has 0 bridgehead atoms. The smallest absolute Gasteiger partial charge is 0.316 e. The van der Waals surface area contributed by atoms with Crippen LogP contribution in [0.4, 0.5) is 13.2 Å². The van der Waals surface area contributed by atoms with Crippen LogP contribution in [0.1, 0.15) is 26.2 Å². The van der Waals surface area contributed by atoms with Gasteiger partial charge in [0.15, 0.2) is 0 Å². The van der Waals surface area contributed by atoms with Gasteiger partial charge in [-0.1, -0.05) is 6.92 Å². The van der Waals surface area contributed by atoms with E-state index >= 15 is 0 Å². The van der Waals surface area contributed by atoms with E-state index in [1.807, 2.05) is 0 Å². The predicted molar refractivity (Wildman–Crippen MR) is 41.2 cm³/mol. The molecular weight excluding hydrogens is 169 g/mol. The number of alkyl halides is 3. The molecule has 0 amide bonds. The summed E-state index contributed by atoms with van der Waals surface area (Å²) in [4.78, 5) is 0. The van der Waals surface area contributed by atoms with Crippen molar-refractivity contribution in [3.63, 3.8) is 0 Å². The molecule has 0 heterocycles. The molecule has 74 valence electrons. The summed E-state index contributed by atoms with van der Waals surface area (Å²) in [5, 5.41) is 0. The van der Waals surface area contributed by atoms with Crippen LogP contribution in [0.2, 0.25) is 0 Å². The standard InChI is InChI=1S/C7H15F3N2/c1-5(2-3-6(11)12)4-7(8,9)10/h5-6H,2-4,11-12H2,1H3. The van der Waals surface area contributed by atoms with Crippen LogP contribution in [-0.4, -0.2) is 12.3 Å². The largest absolute Gasteiger partial charge is 0.389 e. The van der Waals surface area contributed by atoms with Crippen LogP contribution in [0.15, 0.2) is 0 Å². The summed E-state index contributed by atoms with van der Waals surface area (Å²) < 4.78 is 35.3. The highest BCUT2D eigenvalue weighted by Crippen LogP contribution is 2.26. The van der Waals surface area contributed by atoms with Crippen LogP contribution >= 0.6 is 0 Å². The first-order chi connectivity index (χ1) is 5.31. The fourth-order valence-corrected chi connectivity index (χ4v) is 0.974. The SMILES string of the molecule is CC(CCC(N)N)CC(F)(F)F. The third-order valence-corrected chi connectivity index (χ3v) is 1.57. The molecule has 1 unspecified atom stereocenters. The van der Waals surface area contributed by atoms with E-state index < -0.39 is 18.8 Å². The summed E-state index contributed by atoms with van der Waals surface area (Å²) in [7, 11) is 0. The maximum Gasteiger partial charge on any atom is 0.389 e. The third kappa shape index (κ3) is 7.81. The van der Waals surface area contributed by atoms with Gasteiger partial charge in [0.25, 0.3) is 0 Å². The van der Waals surface area contributed by atoms with Crippen molar-refractivity contribution in [2.45, 2.75) is 38.5 Å². The van der Waals surface area contributed by atoms with Crippen molar-refractivity contribution in [2.75, 3.05) is 0 Å². The van der Waals surface area contributed by atoms with Gasteiger partial charge in [0, 0.05) is 6.42 Å². The van der Waals surface area contributed by atoms with Gasteiger partial charge >= 0.3 is 6.18 Å². The molecule has 0 aromatic heterocycles. The Kier molecular flexibility index (Phi) is 4.55. The summed E-state index contributed by atoms with van der Waals surface area (Å²) in [6, 6.07) is 0. The molecule has 2 nitrogen and oxygen atoms in total. The van der Waals surface area contributed by atoms with E-state index in [9.17, 15) is 13.2 Å². The molecule has 0 aliphatic rings. The highest BCUT2D eigenvalue weighted by Gasteiger charge is 2.29. The Morgan fingerprint density at radius 3 is 2.00 bits per heavy atom. The quantitative estimate of drug-likeness (QED) is 0.652.